The Balaban J connectivity index is 0.944. The first-order valence-electron chi connectivity index (χ1n) is 46.5. The maximum atomic E-state index is 8.14. The summed E-state index contributed by atoms with van der Waals surface area (Å²) < 4.78 is 87.8. The van der Waals surface area contributed by atoms with Gasteiger partial charge in [-0.3, -0.25) is 0 Å². The molecule has 0 saturated carbocycles. The third-order valence-electron chi connectivity index (χ3n) is 25.7. The van der Waals surface area contributed by atoms with Crippen molar-refractivity contribution < 1.29 is 55.6 Å². The molecule has 0 unspecified atom stereocenters. The van der Waals surface area contributed by atoms with E-state index >= 15 is 0 Å². The summed E-state index contributed by atoms with van der Waals surface area (Å²) in [7, 11) is 1.16. The average molecular weight is 1850 g/mol. The number of methoxy groups -OCH3 is 8. The van der Waals surface area contributed by atoms with Gasteiger partial charge in [-0.2, -0.15) is 0 Å². The van der Waals surface area contributed by atoms with Crippen molar-refractivity contribution in [2.45, 2.75) is 90.8 Å². The first-order chi connectivity index (χ1) is 66.3. The van der Waals surface area contributed by atoms with Crippen molar-refractivity contribution in [3.63, 3.8) is 0 Å². The van der Waals surface area contributed by atoms with Crippen molar-refractivity contribution in [2.75, 3.05) is 56.9 Å². The Morgan fingerprint density at radius 2 is 0.259 bits per heavy atom. The maximum absolute atomic E-state index is 8.14. The predicted molar refractivity (Wildman–Crippen MR) is 554 cm³/mol. The molecule has 0 radical (unpaired) electrons. The van der Waals surface area contributed by atoms with Gasteiger partial charge in [0.15, 0.2) is 69.0 Å². The molecule has 16 heteroatoms. The molecule has 684 valence electrons. The van der Waals surface area contributed by atoms with Crippen molar-refractivity contribution in [1.29, 1.82) is 0 Å². The molecule has 0 saturated heterocycles. The SMILES string of the molecule is COc1cc(C(CC(c2cc(OC)c(O[Si](Cc3ccccc3)(Cc3ccccc3)Cc3ccccc3)c(OC)c2)c2cc(OC)c(O[Si](Cc3ccccc3)(Cc3ccccc3)Cc3ccccc3)c(OC)c2)c2cc(OC)c(O[Si](Cc3ccccc3)(Cc3ccccc3)Cc3ccccc3)c(OC)c2)cc(OC)c1O[Si](Cc1ccccc1)(Cc1ccccc1)Cc1ccccc1. The van der Waals surface area contributed by atoms with Crippen LogP contribution in [0, 0.1) is 0 Å². The summed E-state index contributed by atoms with van der Waals surface area (Å²) in [6.07, 6.45) is 0.310. The van der Waals surface area contributed by atoms with E-state index in [4.69, 9.17) is 55.6 Å². The van der Waals surface area contributed by atoms with E-state index in [2.05, 4.69) is 413 Å². The third kappa shape index (κ3) is 24.3. The highest BCUT2D eigenvalue weighted by atomic mass is 28.4. The van der Waals surface area contributed by atoms with Crippen molar-refractivity contribution in [2.24, 2.45) is 0 Å². The number of ether oxygens (including phenoxy) is 8. The fourth-order valence-corrected chi connectivity index (χ4v) is 36.3. The zero-order valence-corrected chi connectivity index (χ0v) is 82.5. The van der Waals surface area contributed by atoms with E-state index in [-0.39, 0.29) is 0 Å². The van der Waals surface area contributed by atoms with E-state index in [1.54, 1.807) is 56.9 Å². The Hall–Kier alpha value is -14.0. The van der Waals surface area contributed by atoms with Gasteiger partial charge in [-0.1, -0.05) is 364 Å². The zero-order chi connectivity index (χ0) is 93.1. The molecule has 0 bridgehead atoms. The number of hydrogen-bond donors (Lipinski definition) is 0. The Morgan fingerprint density at radius 1 is 0.156 bits per heavy atom. The van der Waals surface area contributed by atoms with Crippen LogP contribution in [0.25, 0.3) is 0 Å². The van der Waals surface area contributed by atoms with Gasteiger partial charge in [-0.05, 0) is 144 Å². The lowest BCUT2D eigenvalue weighted by atomic mass is 9.77. The summed E-state index contributed by atoms with van der Waals surface area (Å²) in [6.45, 7) is 0. The van der Waals surface area contributed by atoms with Crippen molar-refractivity contribution in [3.8, 4) is 69.0 Å². The second-order valence-electron chi connectivity index (χ2n) is 35.4. The van der Waals surface area contributed by atoms with Gasteiger partial charge in [0.1, 0.15) is 0 Å². The molecule has 0 aromatic heterocycles. The van der Waals surface area contributed by atoms with E-state index in [9.17, 15) is 0 Å². The Kier molecular flexibility index (Phi) is 31.8. The van der Waals surface area contributed by atoms with Gasteiger partial charge in [0.2, 0.25) is 0 Å². The fraction of sp³-hybridized carbons (Fsp3) is 0.193. The topological polar surface area (TPSA) is 111 Å². The van der Waals surface area contributed by atoms with Crippen LogP contribution in [0.4, 0.5) is 0 Å². The second-order valence-corrected chi connectivity index (χ2v) is 50.0. The minimum absolute atomic E-state index is 0.310. The van der Waals surface area contributed by atoms with Gasteiger partial charge in [-0.15, -0.1) is 0 Å². The van der Waals surface area contributed by atoms with E-state index in [0.717, 1.165) is 22.3 Å². The molecule has 0 aliphatic carbocycles. The average Bonchev–Trinajstić information content (AvgIpc) is 0.761. The maximum Gasteiger partial charge on any atom is 0.264 e. The van der Waals surface area contributed by atoms with Crippen LogP contribution in [0.2, 0.25) is 0 Å². The van der Waals surface area contributed by atoms with E-state index in [1.807, 2.05) is 0 Å². The minimum atomic E-state index is -3.17. The van der Waals surface area contributed by atoms with Crippen LogP contribution in [-0.4, -0.2) is 90.1 Å². The first-order valence-corrected chi connectivity index (χ1v) is 56.7. The van der Waals surface area contributed by atoms with Crippen molar-refractivity contribution >= 4 is 33.3 Å². The van der Waals surface area contributed by atoms with Gasteiger partial charge in [0, 0.05) is 84.4 Å². The molecular weight excluding hydrogens is 1730 g/mol. The monoisotopic (exact) mass is 1850 g/mol. The highest BCUT2D eigenvalue weighted by molar-refractivity contribution is 6.74. The molecule has 16 aromatic rings. The second kappa shape index (κ2) is 45.6. The van der Waals surface area contributed by atoms with Crippen molar-refractivity contribution in [3.05, 3.63) is 502 Å². The van der Waals surface area contributed by atoms with E-state index < -0.39 is 45.1 Å². The lowest BCUT2D eigenvalue weighted by molar-refractivity contribution is 0.352. The molecule has 12 nitrogen and oxygen atoms in total. The van der Waals surface area contributed by atoms with Crippen LogP contribution in [0.5, 0.6) is 69.0 Å². The van der Waals surface area contributed by atoms with E-state index in [0.29, 0.717) is 148 Å². The summed E-state index contributed by atoms with van der Waals surface area (Å²) in [4.78, 5) is 0. The van der Waals surface area contributed by atoms with Crippen LogP contribution >= 0.6 is 0 Å². The highest BCUT2D eigenvalue weighted by Crippen LogP contribution is 2.54. The number of benzene rings is 16. The molecule has 0 amide bonds. The Morgan fingerprint density at radius 3 is 0.356 bits per heavy atom. The molecule has 0 spiro atoms. The summed E-state index contributed by atoms with van der Waals surface area (Å²) in [6, 6.07) is 154. The third-order valence-corrected chi connectivity index (χ3v) is 40.9. The molecule has 16 aromatic carbocycles. The highest BCUT2D eigenvalue weighted by Gasteiger charge is 2.46. The van der Waals surface area contributed by atoms with Gasteiger partial charge in [0.25, 0.3) is 33.3 Å². The van der Waals surface area contributed by atoms with Gasteiger partial charge < -0.3 is 55.6 Å². The van der Waals surface area contributed by atoms with Crippen molar-refractivity contribution in [1.82, 2.24) is 0 Å². The summed E-state index contributed by atoms with van der Waals surface area (Å²) in [5.74, 6) is 4.73. The first kappa shape index (κ1) is 94.2. The van der Waals surface area contributed by atoms with Gasteiger partial charge >= 0.3 is 0 Å². The molecular formula is C119H120O12Si4. The lowest BCUT2D eigenvalue weighted by Gasteiger charge is -2.36. The van der Waals surface area contributed by atoms with Crippen LogP contribution in [0.3, 0.4) is 0 Å². The Labute approximate surface area is 801 Å². The molecule has 0 aliphatic rings. The quantitative estimate of drug-likeness (QED) is 0.0339. The van der Waals surface area contributed by atoms with Gasteiger partial charge in [0.05, 0.1) is 56.9 Å². The normalized spacial score (nSPS) is 11.6. The number of rotatable bonds is 46. The van der Waals surface area contributed by atoms with Crippen LogP contribution < -0.4 is 55.6 Å². The molecule has 0 heterocycles. The van der Waals surface area contributed by atoms with Crippen LogP contribution in [0.15, 0.2) is 413 Å². The Bertz CT molecular complexity index is 5100. The zero-order valence-electron chi connectivity index (χ0n) is 78.5. The van der Waals surface area contributed by atoms with Gasteiger partial charge in [-0.25, -0.2) is 0 Å². The molecule has 0 fully saturated rings. The lowest BCUT2D eigenvalue weighted by Crippen LogP contribution is -2.50. The fourth-order valence-electron chi connectivity index (χ4n) is 19.6. The molecule has 135 heavy (non-hydrogen) atoms. The summed E-state index contributed by atoms with van der Waals surface area (Å²) in [5.41, 5.74) is 17.4. The molecule has 0 aliphatic heterocycles. The van der Waals surface area contributed by atoms with Crippen LogP contribution in [0.1, 0.15) is 107 Å². The van der Waals surface area contributed by atoms with E-state index in [1.165, 1.54) is 66.8 Å². The molecule has 0 N–H and O–H groups in total. The largest absolute Gasteiger partial charge is 0.537 e. The number of hydrogen-bond acceptors (Lipinski definition) is 12. The molecule has 0 atom stereocenters. The van der Waals surface area contributed by atoms with Crippen LogP contribution in [-0.2, 0) is 72.5 Å². The summed E-state index contributed by atoms with van der Waals surface area (Å²) in [5, 5.41) is 0. The standard InChI is InChI=1S/C119H120O12Si4/c1-120-108-69-102(70-109(121-2)116(108)128-132(78-90-45-21-9-22-46-90,79-91-47-23-10-24-48-91)80-92-49-25-11-26-50-92)106(103-71-110(122-3)117(111(72-103)123-4)129-133(81-93-51-27-12-28-52-93,82-94-53-29-13-30-54-94)83-95-55-31-14-32-56-95)77-107(104-73-112(124-5)118(113(74-104)125-6)130-134(84-96-57-33-15-34-58-96,85-97-59-35-16-36-60-97)86-98-61-37-17-38-62-98)105-75-114(126-7)119(115(76-105)127-8)131-135(87-99-63-39-18-40-64-99,88-100-65-41-19-42-66-100)89-101-67-43-20-44-68-101/h9-76,106-107H,77-89H2,1-8H3. The minimum Gasteiger partial charge on any atom is -0.537 e. The summed E-state index contributed by atoms with van der Waals surface area (Å²) >= 11 is 0. The molecule has 16 rings (SSSR count). The predicted octanol–water partition coefficient (Wildman–Crippen LogP) is 25.8. The smallest absolute Gasteiger partial charge is 0.264 e.